The molecule has 5 heteroatoms. The van der Waals surface area contributed by atoms with E-state index in [4.69, 9.17) is 0 Å². The number of aryl methyl sites for hydroxylation is 1. The number of hydrogen-bond acceptors (Lipinski definition) is 4. The Kier molecular flexibility index (Phi) is 3.93. The lowest BCUT2D eigenvalue weighted by Gasteiger charge is -2.08. The van der Waals surface area contributed by atoms with Crippen LogP contribution in [0, 0.1) is 0 Å². The molecule has 0 radical (unpaired) electrons. The zero-order valence-corrected chi connectivity index (χ0v) is 10.5. The number of anilines is 1. The van der Waals surface area contributed by atoms with Crippen LogP contribution in [-0.2, 0) is 13.1 Å². The summed E-state index contributed by atoms with van der Waals surface area (Å²) in [5.41, 5.74) is 3.83. The summed E-state index contributed by atoms with van der Waals surface area (Å²) in [6.07, 6.45) is 2.81. The molecule has 0 aromatic carbocycles. The van der Waals surface area contributed by atoms with E-state index in [1.165, 1.54) is 0 Å². The van der Waals surface area contributed by atoms with Crippen molar-refractivity contribution in [3.8, 4) is 0 Å². The molecule has 0 fully saturated rings. The van der Waals surface area contributed by atoms with Gasteiger partial charge in [0.2, 0.25) is 0 Å². The SMILES string of the molecule is CCCn1cc(NCc2cscn2)ccc1=O. The topological polar surface area (TPSA) is 46.9 Å². The maximum atomic E-state index is 11.5. The summed E-state index contributed by atoms with van der Waals surface area (Å²) in [7, 11) is 0. The van der Waals surface area contributed by atoms with Crippen molar-refractivity contribution in [2.45, 2.75) is 26.4 Å². The van der Waals surface area contributed by atoms with Gasteiger partial charge in [0, 0.05) is 24.2 Å². The molecule has 2 rings (SSSR count). The molecule has 0 bridgehead atoms. The molecule has 0 unspecified atom stereocenters. The third-order valence-electron chi connectivity index (χ3n) is 2.41. The van der Waals surface area contributed by atoms with Crippen molar-refractivity contribution in [2.75, 3.05) is 5.32 Å². The van der Waals surface area contributed by atoms with Gasteiger partial charge < -0.3 is 9.88 Å². The molecule has 1 N–H and O–H groups in total. The van der Waals surface area contributed by atoms with Gasteiger partial charge in [-0.15, -0.1) is 11.3 Å². The molecular formula is C12H15N3OS. The number of rotatable bonds is 5. The molecule has 90 valence electrons. The second-order valence-corrected chi connectivity index (χ2v) is 4.50. The zero-order chi connectivity index (χ0) is 12.1. The van der Waals surface area contributed by atoms with E-state index in [0.717, 1.165) is 24.3 Å². The first-order valence-corrected chi connectivity index (χ1v) is 6.55. The highest BCUT2D eigenvalue weighted by atomic mass is 32.1. The third-order valence-corrected chi connectivity index (χ3v) is 3.04. The average molecular weight is 249 g/mol. The number of hydrogen-bond donors (Lipinski definition) is 1. The predicted octanol–water partition coefficient (Wildman–Crippen LogP) is 2.33. The Labute approximate surface area is 104 Å². The molecule has 0 saturated carbocycles. The fraction of sp³-hybridized carbons (Fsp3) is 0.333. The molecule has 0 spiro atoms. The van der Waals surface area contributed by atoms with E-state index >= 15 is 0 Å². The van der Waals surface area contributed by atoms with Gasteiger partial charge in [0.15, 0.2) is 0 Å². The third kappa shape index (κ3) is 3.17. The molecule has 0 aliphatic rings. The summed E-state index contributed by atoms with van der Waals surface area (Å²) in [5, 5.41) is 5.27. The van der Waals surface area contributed by atoms with Gasteiger partial charge in [0.25, 0.3) is 5.56 Å². The van der Waals surface area contributed by atoms with Crippen molar-refractivity contribution >= 4 is 17.0 Å². The Bertz CT molecular complexity index is 519. The Morgan fingerprint density at radius 3 is 3.06 bits per heavy atom. The second-order valence-electron chi connectivity index (χ2n) is 3.78. The standard InChI is InChI=1S/C12H15N3OS/c1-2-5-15-7-10(3-4-12(15)16)13-6-11-8-17-9-14-11/h3-4,7-9,13H,2,5-6H2,1H3. The Morgan fingerprint density at radius 2 is 2.35 bits per heavy atom. The van der Waals surface area contributed by atoms with Crippen LogP contribution in [-0.4, -0.2) is 9.55 Å². The van der Waals surface area contributed by atoms with Gasteiger partial charge in [-0.2, -0.15) is 0 Å². The molecular weight excluding hydrogens is 234 g/mol. The maximum absolute atomic E-state index is 11.5. The average Bonchev–Trinajstić information content (AvgIpc) is 2.83. The largest absolute Gasteiger partial charge is 0.378 e. The first-order valence-electron chi connectivity index (χ1n) is 5.61. The van der Waals surface area contributed by atoms with Gasteiger partial charge in [-0.25, -0.2) is 4.98 Å². The van der Waals surface area contributed by atoms with Gasteiger partial charge in [-0.1, -0.05) is 6.92 Å². The van der Waals surface area contributed by atoms with Crippen LogP contribution in [0.5, 0.6) is 0 Å². The van der Waals surface area contributed by atoms with E-state index in [1.807, 2.05) is 17.1 Å². The highest BCUT2D eigenvalue weighted by molar-refractivity contribution is 7.07. The Hall–Kier alpha value is -1.62. The predicted molar refractivity (Wildman–Crippen MR) is 70.4 cm³/mol. The van der Waals surface area contributed by atoms with E-state index in [-0.39, 0.29) is 5.56 Å². The molecule has 0 aliphatic carbocycles. The van der Waals surface area contributed by atoms with Crippen LogP contribution in [0.4, 0.5) is 5.69 Å². The Morgan fingerprint density at radius 1 is 1.47 bits per heavy atom. The Balaban J connectivity index is 2.06. The summed E-state index contributed by atoms with van der Waals surface area (Å²) in [5.74, 6) is 0. The minimum atomic E-state index is 0.0473. The lowest BCUT2D eigenvalue weighted by molar-refractivity contribution is 0.655. The first-order chi connectivity index (χ1) is 8.29. The van der Waals surface area contributed by atoms with Crippen molar-refractivity contribution < 1.29 is 0 Å². The van der Waals surface area contributed by atoms with E-state index in [9.17, 15) is 4.79 Å². The minimum Gasteiger partial charge on any atom is -0.378 e. The van der Waals surface area contributed by atoms with E-state index in [1.54, 1.807) is 28.0 Å². The van der Waals surface area contributed by atoms with Gasteiger partial charge in [0.05, 0.1) is 23.4 Å². The lowest BCUT2D eigenvalue weighted by atomic mass is 10.3. The molecule has 2 heterocycles. The molecule has 2 aromatic rings. The summed E-state index contributed by atoms with van der Waals surface area (Å²) >= 11 is 1.58. The molecule has 2 aromatic heterocycles. The molecule has 0 aliphatic heterocycles. The highest BCUT2D eigenvalue weighted by Crippen LogP contribution is 2.07. The maximum Gasteiger partial charge on any atom is 0.250 e. The van der Waals surface area contributed by atoms with Crippen LogP contribution < -0.4 is 10.9 Å². The van der Waals surface area contributed by atoms with Crippen molar-refractivity contribution in [1.82, 2.24) is 9.55 Å². The normalized spacial score (nSPS) is 10.4. The first kappa shape index (κ1) is 11.9. The van der Waals surface area contributed by atoms with Gasteiger partial charge >= 0.3 is 0 Å². The monoisotopic (exact) mass is 249 g/mol. The van der Waals surface area contributed by atoms with Crippen LogP contribution in [0.1, 0.15) is 19.0 Å². The van der Waals surface area contributed by atoms with Gasteiger partial charge in [0.1, 0.15) is 0 Å². The second kappa shape index (κ2) is 5.63. The van der Waals surface area contributed by atoms with E-state index < -0.39 is 0 Å². The van der Waals surface area contributed by atoms with Crippen molar-refractivity contribution in [3.63, 3.8) is 0 Å². The number of pyridine rings is 1. The summed E-state index contributed by atoms with van der Waals surface area (Å²) in [6, 6.07) is 3.40. The quantitative estimate of drug-likeness (QED) is 0.884. The van der Waals surface area contributed by atoms with Crippen LogP contribution in [0.25, 0.3) is 0 Å². The van der Waals surface area contributed by atoms with Crippen molar-refractivity contribution in [2.24, 2.45) is 0 Å². The molecule has 0 saturated heterocycles. The van der Waals surface area contributed by atoms with Gasteiger partial charge in [-0.3, -0.25) is 4.79 Å². The minimum absolute atomic E-state index is 0.0473. The number of aromatic nitrogens is 2. The van der Waals surface area contributed by atoms with E-state index in [0.29, 0.717) is 6.54 Å². The summed E-state index contributed by atoms with van der Waals surface area (Å²) < 4.78 is 1.73. The lowest BCUT2D eigenvalue weighted by Crippen LogP contribution is -2.18. The van der Waals surface area contributed by atoms with Gasteiger partial charge in [-0.05, 0) is 12.5 Å². The summed E-state index contributed by atoms with van der Waals surface area (Å²) in [4.78, 5) is 15.7. The van der Waals surface area contributed by atoms with Crippen molar-refractivity contribution in [3.05, 3.63) is 45.3 Å². The molecule has 17 heavy (non-hydrogen) atoms. The van der Waals surface area contributed by atoms with Crippen LogP contribution >= 0.6 is 11.3 Å². The van der Waals surface area contributed by atoms with Crippen LogP contribution in [0.15, 0.2) is 34.0 Å². The van der Waals surface area contributed by atoms with E-state index in [2.05, 4.69) is 17.2 Å². The highest BCUT2D eigenvalue weighted by Gasteiger charge is 1.99. The number of nitrogens with zero attached hydrogens (tertiary/aromatic N) is 2. The fourth-order valence-corrected chi connectivity index (χ4v) is 2.13. The molecule has 0 amide bonds. The molecule has 0 atom stereocenters. The zero-order valence-electron chi connectivity index (χ0n) is 9.72. The smallest absolute Gasteiger partial charge is 0.250 e. The fourth-order valence-electron chi connectivity index (χ4n) is 1.57. The summed E-state index contributed by atoms with van der Waals surface area (Å²) in [6.45, 7) is 3.50. The number of nitrogens with one attached hydrogen (secondary N) is 1. The van der Waals surface area contributed by atoms with Crippen LogP contribution in [0.3, 0.4) is 0 Å². The number of thiazole rings is 1. The van der Waals surface area contributed by atoms with Crippen LogP contribution in [0.2, 0.25) is 0 Å². The molecule has 4 nitrogen and oxygen atoms in total. The van der Waals surface area contributed by atoms with Crippen molar-refractivity contribution in [1.29, 1.82) is 0 Å².